The van der Waals surface area contributed by atoms with E-state index < -0.39 is 0 Å². The van der Waals surface area contributed by atoms with Crippen LogP contribution in [-0.4, -0.2) is 14.5 Å². The molecule has 0 spiro atoms. The summed E-state index contributed by atoms with van der Waals surface area (Å²) in [5.74, 6) is 0. The van der Waals surface area contributed by atoms with Crippen molar-refractivity contribution in [3.05, 3.63) is 267 Å². The van der Waals surface area contributed by atoms with Gasteiger partial charge >= 0.3 is 0 Å². The van der Waals surface area contributed by atoms with Gasteiger partial charge in [0.25, 0.3) is 0 Å². The van der Waals surface area contributed by atoms with Crippen LogP contribution in [0, 0.1) is 0 Å². The van der Waals surface area contributed by atoms with Crippen LogP contribution >= 0.6 is 0 Å². The molecule has 0 fully saturated rings. The zero-order valence-corrected chi connectivity index (χ0v) is 39.2. The van der Waals surface area contributed by atoms with E-state index in [1.165, 1.54) is 93.1 Å². The number of fused-ring (bicyclic) bond motifs is 7. The Bertz CT molecular complexity index is 4310. The molecule has 14 aromatic rings. The van der Waals surface area contributed by atoms with E-state index in [9.17, 15) is 0 Å². The van der Waals surface area contributed by atoms with Crippen molar-refractivity contribution in [2.24, 2.45) is 0 Å². The fourth-order valence-corrected chi connectivity index (χ4v) is 11.1. The van der Waals surface area contributed by atoms with Crippen LogP contribution in [0.15, 0.2) is 267 Å². The Morgan fingerprint density at radius 2 is 0.708 bits per heavy atom. The zero-order valence-electron chi connectivity index (χ0n) is 39.2. The van der Waals surface area contributed by atoms with Gasteiger partial charge in [0.05, 0.1) is 11.0 Å². The molecule has 3 heterocycles. The second-order valence-electron chi connectivity index (χ2n) is 18.6. The summed E-state index contributed by atoms with van der Waals surface area (Å²) in [4.78, 5) is 11.1. The molecular formula is C68H44N4. The summed E-state index contributed by atoms with van der Waals surface area (Å²) in [6.45, 7) is 0. The highest BCUT2D eigenvalue weighted by Gasteiger charge is 2.21. The van der Waals surface area contributed by atoms with Crippen LogP contribution in [-0.2, 0) is 0 Å². The third-order valence-electron chi connectivity index (χ3n) is 14.5. The summed E-state index contributed by atoms with van der Waals surface area (Å²) < 4.78 is 2.38. The van der Waals surface area contributed by atoms with Crippen molar-refractivity contribution < 1.29 is 0 Å². The highest BCUT2D eigenvalue weighted by atomic mass is 15.1. The lowest BCUT2D eigenvalue weighted by Crippen LogP contribution is -2.10. The van der Waals surface area contributed by atoms with Gasteiger partial charge in [0.1, 0.15) is 0 Å². The maximum absolute atomic E-state index is 4.34. The van der Waals surface area contributed by atoms with Crippen molar-refractivity contribution in [2.45, 2.75) is 0 Å². The van der Waals surface area contributed by atoms with Crippen LogP contribution in [0.2, 0.25) is 0 Å². The van der Waals surface area contributed by atoms with Crippen molar-refractivity contribution >= 4 is 82.0 Å². The minimum Gasteiger partial charge on any atom is -0.310 e. The molecule has 336 valence electrons. The Balaban J connectivity index is 0.950. The fourth-order valence-electron chi connectivity index (χ4n) is 11.1. The molecule has 0 aliphatic rings. The van der Waals surface area contributed by atoms with Gasteiger partial charge in [0, 0.05) is 69.1 Å². The van der Waals surface area contributed by atoms with Crippen LogP contribution < -0.4 is 4.90 Å². The highest BCUT2D eigenvalue weighted by molar-refractivity contribution is 6.22. The minimum atomic E-state index is 1.07. The molecule has 0 N–H and O–H groups in total. The first-order valence-electron chi connectivity index (χ1n) is 24.5. The van der Waals surface area contributed by atoms with Crippen LogP contribution in [0.4, 0.5) is 17.1 Å². The topological polar surface area (TPSA) is 34.0 Å². The maximum Gasteiger partial charge on any atom is 0.0541 e. The molecule has 4 heteroatoms. The molecule has 0 bridgehead atoms. The Morgan fingerprint density at radius 1 is 0.278 bits per heavy atom. The first-order valence-corrected chi connectivity index (χ1v) is 24.5. The molecule has 0 aliphatic carbocycles. The quantitative estimate of drug-likeness (QED) is 0.142. The van der Waals surface area contributed by atoms with Gasteiger partial charge in [-0.3, -0.25) is 9.97 Å². The predicted octanol–water partition coefficient (Wildman–Crippen LogP) is 18.3. The van der Waals surface area contributed by atoms with Gasteiger partial charge in [-0.05, 0) is 162 Å². The second kappa shape index (κ2) is 17.1. The molecule has 0 aliphatic heterocycles. The Kier molecular flexibility index (Phi) is 9.82. The number of aromatic nitrogens is 3. The van der Waals surface area contributed by atoms with Gasteiger partial charge in [-0.15, -0.1) is 0 Å². The summed E-state index contributed by atoms with van der Waals surface area (Å²) in [7, 11) is 0. The molecule has 72 heavy (non-hydrogen) atoms. The molecule has 3 aromatic heterocycles. The van der Waals surface area contributed by atoms with E-state index in [-0.39, 0.29) is 0 Å². The number of hydrogen-bond donors (Lipinski definition) is 0. The number of benzene rings is 11. The van der Waals surface area contributed by atoms with E-state index in [4.69, 9.17) is 0 Å². The molecule has 0 unspecified atom stereocenters. The van der Waals surface area contributed by atoms with E-state index in [2.05, 4.69) is 262 Å². The number of nitrogens with zero attached hydrogens (tertiary/aromatic N) is 4. The lowest BCUT2D eigenvalue weighted by molar-refractivity contribution is 1.17. The van der Waals surface area contributed by atoms with Gasteiger partial charge in [0.15, 0.2) is 0 Å². The number of para-hydroxylation sites is 3. The van der Waals surface area contributed by atoms with Crippen molar-refractivity contribution in [3.8, 4) is 50.2 Å². The van der Waals surface area contributed by atoms with E-state index in [1.54, 1.807) is 0 Å². The van der Waals surface area contributed by atoms with Crippen LogP contribution in [0.25, 0.3) is 115 Å². The Morgan fingerprint density at radius 3 is 1.26 bits per heavy atom. The zero-order chi connectivity index (χ0) is 47.5. The third-order valence-corrected chi connectivity index (χ3v) is 14.5. The van der Waals surface area contributed by atoms with E-state index in [0.29, 0.717) is 0 Å². The highest BCUT2D eigenvalue weighted by Crippen LogP contribution is 2.47. The van der Waals surface area contributed by atoms with Gasteiger partial charge in [-0.1, -0.05) is 158 Å². The van der Waals surface area contributed by atoms with E-state index in [0.717, 1.165) is 39.1 Å². The Hall–Kier alpha value is -9.64. The van der Waals surface area contributed by atoms with Crippen molar-refractivity contribution in [3.63, 3.8) is 0 Å². The first-order chi connectivity index (χ1) is 35.7. The van der Waals surface area contributed by atoms with Gasteiger partial charge < -0.3 is 9.47 Å². The molecule has 0 amide bonds. The van der Waals surface area contributed by atoms with Gasteiger partial charge in [-0.2, -0.15) is 0 Å². The second-order valence-corrected chi connectivity index (χ2v) is 18.6. The maximum atomic E-state index is 4.34. The van der Waals surface area contributed by atoms with Crippen molar-refractivity contribution in [2.75, 3.05) is 4.90 Å². The van der Waals surface area contributed by atoms with Gasteiger partial charge in [-0.25, -0.2) is 0 Å². The number of pyridine rings is 2. The van der Waals surface area contributed by atoms with Crippen LogP contribution in [0.3, 0.4) is 0 Å². The summed E-state index contributed by atoms with van der Waals surface area (Å²) in [6, 6.07) is 88.8. The molecule has 11 aromatic carbocycles. The van der Waals surface area contributed by atoms with Crippen molar-refractivity contribution in [1.82, 2.24) is 14.5 Å². The lowest BCUT2D eigenvalue weighted by atomic mass is 9.85. The molecule has 14 rings (SSSR count). The standard InChI is InChI=1S/C68H44N4/c1-2-10-55(11-3-1)71(56-30-32-57(33-31-56)72-65-16-8-6-12-59(65)60-13-7-9-17-66(60)72)58-34-35-63-64(42-58)68(48-24-20-46(21-25-48)50-27-29-54-44-70-39-37-52(54)41-50)62-15-5-4-14-61(62)67(63)47-22-18-45(19-23-47)49-26-28-53-43-69-38-36-51(53)40-49/h1-44H. The van der Waals surface area contributed by atoms with E-state index in [1.807, 2.05) is 24.8 Å². The lowest BCUT2D eigenvalue weighted by Gasteiger charge is -2.27. The smallest absolute Gasteiger partial charge is 0.0541 e. The molecular weight excluding hydrogens is 873 g/mol. The van der Waals surface area contributed by atoms with E-state index >= 15 is 0 Å². The number of anilines is 3. The van der Waals surface area contributed by atoms with Crippen LogP contribution in [0.1, 0.15) is 0 Å². The SMILES string of the molecule is c1ccc(N(c2ccc(-n3c4ccccc4c4ccccc43)cc2)c2ccc3c(-c4ccc(-c5ccc6cnccc6c5)cc4)c4ccccc4c(-c4ccc(-c5ccc6cnccc6c5)cc4)c3c2)cc1. The third kappa shape index (κ3) is 7.00. The predicted molar refractivity (Wildman–Crippen MR) is 303 cm³/mol. The minimum absolute atomic E-state index is 1.07. The summed E-state index contributed by atoms with van der Waals surface area (Å²) in [5.41, 5.74) is 16.2. The average molecular weight is 917 g/mol. The normalized spacial score (nSPS) is 11.6. The number of hydrogen-bond acceptors (Lipinski definition) is 3. The number of rotatable bonds is 8. The average Bonchev–Trinajstić information content (AvgIpc) is 3.79. The Labute approximate surface area is 417 Å². The molecule has 4 nitrogen and oxygen atoms in total. The molecule has 0 saturated heterocycles. The first kappa shape index (κ1) is 41.3. The summed E-state index contributed by atoms with van der Waals surface area (Å²) >= 11 is 0. The van der Waals surface area contributed by atoms with Crippen LogP contribution in [0.5, 0.6) is 0 Å². The van der Waals surface area contributed by atoms with Gasteiger partial charge in [0.2, 0.25) is 0 Å². The summed E-state index contributed by atoms with van der Waals surface area (Å²) in [5, 5.41) is 11.9. The summed E-state index contributed by atoms with van der Waals surface area (Å²) in [6.07, 6.45) is 7.57. The molecule has 0 saturated carbocycles. The largest absolute Gasteiger partial charge is 0.310 e. The monoisotopic (exact) mass is 916 g/mol. The molecule has 0 radical (unpaired) electrons. The molecule has 0 atom stereocenters. The van der Waals surface area contributed by atoms with Crippen molar-refractivity contribution in [1.29, 1.82) is 0 Å². The fraction of sp³-hybridized carbons (Fsp3) is 0.